The van der Waals surface area contributed by atoms with E-state index in [0.29, 0.717) is 12.4 Å². The zero-order valence-corrected chi connectivity index (χ0v) is 9.91. The maximum absolute atomic E-state index is 10.6. The molecule has 0 aromatic carbocycles. The number of nitrogens with one attached hydrogen (secondary N) is 1. The van der Waals surface area contributed by atoms with Crippen molar-refractivity contribution in [3.05, 3.63) is 24.5 Å². The van der Waals surface area contributed by atoms with E-state index < -0.39 is 5.97 Å². The van der Waals surface area contributed by atoms with Crippen LogP contribution in [0.1, 0.15) is 6.42 Å². The van der Waals surface area contributed by atoms with Crippen LogP contribution in [0.2, 0.25) is 0 Å². The fourth-order valence-corrected chi connectivity index (χ4v) is 1.56. The number of anilines is 1. The third-order valence-electron chi connectivity index (χ3n) is 2.50. The molecule has 0 bridgehead atoms. The molecule has 7 nitrogen and oxygen atoms in total. The number of rotatable bonds is 6. The fraction of sp³-hybridized carbons (Fsp3) is 0.364. The van der Waals surface area contributed by atoms with Gasteiger partial charge in [-0.15, -0.1) is 0 Å². The van der Waals surface area contributed by atoms with Gasteiger partial charge < -0.3 is 15.2 Å². The Hall–Kier alpha value is -2.15. The molecule has 1 atom stereocenters. The number of fused-ring (bicyclic) bond motifs is 1. The minimum atomic E-state index is -0.886. The van der Waals surface area contributed by atoms with Crippen LogP contribution >= 0.6 is 0 Å². The van der Waals surface area contributed by atoms with E-state index in [2.05, 4.69) is 15.4 Å². The molecule has 0 radical (unpaired) electrons. The molecule has 0 saturated heterocycles. The van der Waals surface area contributed by atoms with Gasteiger partial charge in [0.15, 0.2) is 5.65 Å². The van der Waals surface area contributed by atoms with Crippen LogP contribution in [-0.2, 0) is 9.53 Å². The van der Waals surface area contributed by atoms with Crippen LogP contribution in [0.5, 0.6) is 0 Å². The van der Waals surface area contributed by atoms with Crippen molar-refractivity contribution in [2.45, 2.75) is 12.5 Å². The SMILES string of the molecule is COC(CNc1ccn2nccc2n1)CC(=O)O. The maximum atomic E-state index is 10.6. The average molecular weight is 250 g/mol. The lowest BCUT2D eigenvalue weighted by Gasteiger charge is -2.14. The third-order valence-corrected chi connectivity index (χ3v) is 2.50. The predicted octanol–water partition coefficient (Wildman–Crippen LogP) is 0.631. The Labute approximate surface area is 103 Å². The van der Waals surface area contributed by atoms with Crippen LogP contribution in [0.15, 0.2) is 24.5 Å². The van der Waals surface area contributed by atoms with Crippen LogP contribution in [0.3, 0.4) is 0 Å². The minimum absolute atomic E-state index is 0.0432. The molecule has 0 aliphatic carbocycles. The normalized spacial score (nSPS) is 12.5. The number of methoxy groups -OCH3 is 1. The van der Waals surface area contributed by atoms with Crippen LogP contribution in [-0.4, -0.2) is 45.4 Å². The summed E-state index contributed by atoms with van der Waals surface area (Å²) in [6, 6.07) is 3.56. The van der Waals surface area contributed by atoms with Crippen LogP contribution in [0.25, 0.3) is 5.65 Å². The first-order valence-electron chi connectivity index (χ1n) is 5.48. The lowest BCUT2D eigenvalue weighted by atomic mass is 10.2. The first-order valence-corrected chi connectivity index (χ1v) is 5.48. The van der Waals surface area contributed by atoms with E-state index in [0.717, 1.165) is 5.65 Å². The molecule has 7 heteroatoms. The van der Waals surface area contributed by atoms with Gasteiger partial charge in [-0.1, -0.05) is 0 Å². The Balaban J connectivity index is 1.97. The summed E-state index contributed by atoms with van der Waals surface area (Å²) in [7, 11) is 1.49. The Kier molecular flexibility index (Phi) is 3.73. The molecule has 0 spiro atoms. The molecule has 0 amide bonds. The van der Waals surface area contributed by atoms with Crippen LogP contribution < -0.4 is 5.32 Å². The van der Waals surface area contributed by atoms with Crippen molar-refractivity contribution in [2.75, 3.05) is 19.0 Å². The highest BCUT2D eigenvalue weighted by Gasteiger charge is 2.12. The van der Waals surface area contributed by atoms with E-state index >= 15 is 0 Å². The molecular formula is C11H14N4O3. The molecule has 2 aromatic heterocycles. The predicted molar refractivity (Wildman–Crippen MR) is 64.5 cm³/mol. The van der Waals surface area contributed by atoms with Gasteiger partial charge in [0.05, 0.1) is 18.7 Å². The van der Waals surface area contributed by atoms with Crippen LogP contribution in [0.4, 0.5) is 5.82 Å². The number of hydrogen-bond acceptors (Lipinski definition) is 5. The summed E-state index contributed by atoms with van der Waals surface area (Å²) in [4.78, 5) is 14.9. The molecule has 0 aliphatic heterocycles. The number of hydrogen-bond donors (Lipinski definition) is 2. The van der Waals surface area contributed by atoms with Crippen molar-refractivity contribution in [2.24, 2.45) is 0 Å². The number of aliphatic carboxylic acids is 1. The summed E-state index contributed by atoms with van der Waals surface area (Å²) in [6.45, 7) is 0.389. The Morgan fingerprint density at radius 3 is 3.17 bits per heavy atom. The molecule has 2 N–H and O–H groups in total. The standard InChI is InChI=1S/C11H14N4O3/c1-18-8(6-11(16)17)7-12-9-3-5-15-10(14-9)2-4-13-15/h2-5,8H,6-7H2,1H3,(H,12,14)(H,16,17). The third kappa shape index (κ3) is 2.95. The van der Waals surface area contributed by atoms with Crippen molar-refractivity contribution in [3.8, 4) is 0 Å². The van der Waals surface area contributed by atoms with Crippen molar-refractivity contribution in [3.63, 3.8) is 0 Å². The second kappa shape index (κ2) is 5.46. The molecule has 18 heavy (non-hydrogen) atoms. The first-order chi connectivity index (χ1) is 8.69. The molecular weight excluding hydrogens is 236 g/mol. The lowest BCUT2D eigenvalue weighted by Crippen LogP contribution is -2.25. The monoisotopic (exact) mass is 250 g/mol. The topological polar surface area (TPSA) is 88.8 Å². The van der Waals surface area contributed by atoms with E-state index in [1.807, 2.05) is 0 Å². The van der Waals surface area contributed by atoms with E-state index in [1.54, 1.807) is 29.0 Å². The summed E-state index contributed by atoms with van der Waals surface area (Å²) in [6.07, 6.45) is 3.02. The van der Waals surface area contributed by atoms with Gasteiger partial charge in [-0.05, 0) is 6.07 Å². The molecule has 96 valence electrons. The van der Waals surface area contributed by atoms with Gasteiger partial charge in [-0.2, -0.15) is 5.10 Å². The lowest BCUT2D eigenvalue weighted by molar-refractivity contribution is -0.139. The summed E-state index contributed by atoms with van der Waals surface area (Å²) >= 11 is 0. The van der Waals surface area contributed by atoms with Gasteiger partial charge in [0.1, 0.15) is 5.82 Å². The first kappa shape index (κ1) is 12.3. The summed E-state index contributed by atoms with van der Waals surface area (Å²) in [5.41, 5.74) is 0.729. The molecule has 0 saturated carbocycles. The molecule has 2 rings (SSSR count). The van der Waals surface area contributed by atoms with E-state index in [9.17, 15) is 4.79 Å². The van der Waals surface area contributed by atoms with Crippen molar-refractivity contribution >= 4 is 17.4 Å². The summed E-state index contributed by atoms with van der Waals surface area (Å²) in [5, 5.41) is 15.8. The second-order valence-corrected chi connectivity index (χ2v) is 3.78. The van der Waals surface area contributed by atoms with E-state index in [1.165, 1.54) is 7.11 Å². The highest BCUT2D eigenvalue weighted by molar-refractivity contribution is 5.67. The maximum Gasteiger partial charge on any atom is 0.306 e. The Morgan fingerprint density at radius 2 is 2.44 bits per heavy atom. The highest BCUT2D eigenvalue weighted by atomic mass is 16.5. The van der Waals surface area contributed by atoms with Gasteiger partial charge in [0, 0.05) is 25.9 Å². The largest absolute Gasteiger partial charge is 0.481 e. The van der Waals surface area contributed by atoms with E-state index in [-0.39, 0.29) is 12.5 Å². The van der Waals surface area contributed by atoms with Gasteiger partial charge in [-0.3, -0.25) is 4.79 Å². The van der Waals surface area contributed by atoms with Crippen molar-refractivity contribution < 1.29 is 14.6 Å². The number of ether oxygens (including phenoxy) is 1. The Morgan fingerprint density at radius 1 is 1.61 bits per heavy atom. The highest BCUT2D eigenvalue weighted by Crippen LogP contribution is 2.07. The van der Waals surface area contributed by atoms with Gasteiger partial charge in [0.2, 0.25) is 0 Å². The number of nitrogens with zero attached hydrogens (tertiary/aromatic N) is 3. The van der Waals surface area contributed by atoms with Crippen LogP contribution in [0, 0.1) is 0 Å². The summed E-state index contributed by atoms with van der Waals surface area (Å²) in [5.74, 6) is -0.224. The number of carboxylic acid groups (broad SMARTS) is 1. The van der Waals surface area contributed by atoms with Gasteiger partial charge in [0.25, 0.3) is 0 Å². The fourth-order valence-electron chi connectivity index (χ4n) is 1.56. The smallest absolute Gasteiger partial charge is 0.306 e. The minimum Gasteiger partial charge on any atom is -0.481 e. The zero-order chi connectivity index (χ0) is 13.0. The molecule has 2 aromatic rings. The molecule has 0 fully saturated rings. The quantitative estimate of drug-likeness (QED) is 0.781. The number of carboxylic acids is 1. The van der Waals surface area contributed by atoms with Crippen molar-refractivity contribution in [1.82, 2.24) is 14.6 Å². The molecule has 2 heterocycles. The molecule has 0 aliphatic rings. The number of aromatic nitrogens is 3. The van der Waals surface area contributed by atoms with Gasteiger partial charge in [-0.25, -0.2) is 9.50 Å². The van der Waals surface area contributed by atoms with Gasteiger partial charge >= 0.3 is 5.97 Å². The van der Waals surface area contributed by atoms with E-state index in [4.69, 9.17) is 9.84 Å². The second-order valence-electron chi connectivity index (χ2n) is 3.78. The Bertz CT molecular complexity index is 540. The molecule has 1 unspecified atom stereocenters. The number of carbonyl (C=O) groups is 1. The van der Waals surface area contributed by atoms with Crippen molar-refractivity contribution in [1.29, 1.82) is 0 Å². The summed E-state index contributed by atoms with van der Waals surface area (Å²) < 4.78 is 6.72. The average Bonchev–Trinajstić information content (AvgIpc) is 2.81. The zero-order valence-electron chi connectivity index (χ0n) is 9.91.